The molecule has 0 spiro atoms. The van der Waals surface area contributed by atoms with Crippen LogP contribution < -0.4 is 5.73 Å². The SMILES string of the molecule is CCc1ccc(C(N)CN(C)C2CCN(CC)CC2)cc1. The summed E-state index contributed by atoms with van der Waals surface area (Å²) in [6.07, 6.45) is 3.63. The lowest BCUT2D eigenvalue weighted by Gasteiger charge is -2.37. The molecule has 1 unspecified atom stereocenters. The minimum Gasteiger partial charge on any atom is -0.323 e. The van der Waals surface area contributed by atoms with Gasteiger partial charge in [0.1, 0.15) is 0 Å². The van der Waals surface area contributed by atoms with E-state index in [9.17, 15) is 0 Å². The number of nitrogens with zero attached hydrogens (tertiary/aromatic N) is 2. The van der Waals surface area contributed by atoms with Crippen LogP contribution in [0.15, 0.2) is 24.3 Å². The molecular formula is C18H31N3. The Hall–Kier alpha value is -0.900. The van der Waals surface area contributed by atoms with E-state index in [4.69, 9.17) is 5.73 Å². The van der Waals surface area contributed by atoms with E-state index in [0.717, 1.165) is 13.0 Å². The van der Waals surface area contributed by atoms with E-state index in [1.807, 2.05) is 0 Å². The van der Waals surface area contributed by atoms with Crippen molar-refractivity contribution in [2.45, 2.75) is 45.2 Å². The third kappa shape index (κ3) is 4.53. The van der Waals surface area contributed by atoms with Crippen molar-refractivity contribution in [2.75, 3.05) is 33.2 Å². The third-order valence-corrected chi connectivity index (χ3v) is 4.93. The van der Waals surface area contributed by atoms with Gasteiger partial charge < -0.3 is 15.5 Å². The van der Waals surface area contributed by atoms with Crippen molar-refractivity contribution in [2.24, 2.45) is 5.73 Å². The summed E-state index contributed by atoms with van der Waals surface area (Å²) in [5, 5.41) is 0. The molecule has 0 amide bonds. The number of hydrogen-bond donors (Lipinski definition) is 1. The van der Waals surface area contributed by atoms with E-state index in [2.05, 4.69) is 55.0 Å². The van der Waals surface area contributed by atoms with Crippen molar-refractivity contribution in [3.05, 3.63) is 35.4 Å². The van der Waals surface area contributed by atoms with Crippen LogP contribution >= 0.6 is 0 Å². The Kier molecular flexibility index (Phi) is 6.22. The molecule has 1 aromatic carbocycles. The van der Waals surface area contributed by atoms with Crippen LogP contribution in [0.4, 0.5) is 0 Å². The average molecular weight is 289 g/mol. The Balaban J connectivity index is 1.85. The summed E-state index contributed by atoms with van der Waals surface area (Å²) < 4.78 is 0. The highest BCUT2D eigenvalue weighted by atomic mass is 15.2. The molecule has 0 aliphatic carbocycles. The maximum Gasteiger partial charge on any atom is 0.0424 e. The summed E-state index contributed by atoms with van der Waals surface area (Å²) in [6, 6.07) is 9.59. The molecule has 1 aliphatic heterocycles. The van der Waals surface area contributed by atoms with Gasteiger partial charge in [-0.05, 0) is 57.1 Å². The summed E-state index contributed by atoms with van der Waals surface area (Å²) in [4.78, 5) is 5.00. The van der Waals surface area contributed by atoms with E-state index < -0.39 is 0 Å². The van der Waals surface area contributed by atoms with Crippen LogP contribution in [-0.4, -0.2) is 49.1 Å². The monoisotopic (exact) mass is 289 g/mol. The molecule has 1 heterocycles. The van der Waals surface area contributed by atoms with Crippen LogP contribution in [0.3, 0.4) is 0 Å². The van der Waals surface area contributed by atoms with Gasteiger partial charge in [0, 0.05) is 18.6 Å². The smallest absolute Gasteiger partial charge is 0.0424 e. The Morgan fingerprint density at radius 1 is 1.19 bits per heavy atom. The predicted molar refractivity (Wildman–Crippen MR) is 90.5 cm³/mol. The molecule has 118 valence electrons. The van der Waals surface area contributed by atoms with Crippen LogP contribution in [-0.2, 0) is 6.42 Å². The molecular weight excluding hydrogens is 258 g/mol. The van der Waals surface area contributed by atoms with Gasteiger partial charge in [-0.25, -0.2) is 0 Å². The Morgan fingerprint density at radius 2 is 1.81 bits per heavy atom. The van der Waals surface area contributed by atoms with E-state index in [0.29, 0.717) is 6.04 Å². The fraction of sp³-hybridized carbons (Fsp3) is 0.667. The minimum absolute atomic E-state index is 0.116. The standard InChI is InChI=1S/C18H31N3/c1-4-15-6-8-16(9-7-15)18(19)14-20(3)17-10-12-21(5-2)13-11-17/h6-9,17-18H,4-5,10-14,19H2,1-3H3. The molecule has 0 saturated carbocycles. The van der Waals surface area contributed by atoms with Gasteiger partial charge >= 0.3 is 0 Å². The first kappa shape index (κ1) is 16.5. The molecule has 0 bridgehead atoms. The lowest BCUT2D eigenvalue weighted by atomic mass is 10.0. The number of benzene rings is 1. The maximum absolute atomic E-state index is 6.40. The molecule has 2 rings (SSSR count). The van der Waals surface area contributed by atoms with Gasteiger partial charge in [-0.2, -0.15) is 0 Å². The molecule has 3 heteroatoms. The maximum atomic E-state index is 6.40. The molecule has 1 atom stereocenters. The normalized spacial score (nSPS) is 19.1. The van der Waals surface area contributed by atoms with Crippen molar-refractivity contribution in [3.8, 4) is 0 Å². The van der Waals surface area contributed by atoms with E-state index in [-0.39, 0.29) is 6.04 Å². The van der Waals surface area contributed by atoms with Crippen molar-refractivity contribution in [1.29, 1.82) is 0 Å². The lowest BCUT2D eigenvalue weighted by Crippen LogP contribution is -2.45. The van der Waals surface area contributed by atoms with E-state index in [1.54, 1.807) is 0 Å². The molecule has 0 radical (unpaired) electrons. The van der Waals surface area contributed by atoms with Crippen LogP contribution in [0.2, 0.25) is 0 Å². The summed E-state index contributed by atoms with van der Waals surface area (Å²) in [5.74, 6) is 0. The van der Waals surface area contributed by atoms with Crippen LogP contribution in [0.5, 0.6) is 0 Å². The topological polar surface area (TPSA) is 32.5 Å². The number of likely N-dealkylation sites (N-methyl/N-ethyl adjacent to an activating group) is 1. The van der Waals surface area contributed by atoms with Crippen LogP contribution in [0.1, 0.15) is 43.9 Å². The molecule has 1 fully saturated rings. The molecule has 1 aromatic rings. The summed E-state index contributed by atoms with van der Waals surface area (Å²) in [6.45, 7) is 9.02. The summed E-state index contributed by atoms with van der Waals surface area (Å²) >= 11 is 0. The molecule has 21 heavy (non-hydrogen) atoms. The number of likely N-dealkylation sites (tertiary alicyclic amines) is 1. The van der Waals surface area contributed by atoms with Crippen molar-refractivity contribution >= 4 is 0 Å². The number of nitrogens with two attached hydrogens (primary N) is 1. The highest BCUT2D eigenvalue weighted by Crippen LogP contribution is 2.19. The van der Waals surface area contributed by atoms with Crippen molar-refractivity contribution < 1.29 is 0 Å². The van der Waals surface area contributed by atoms with Crippen molar-refractivity contribution in [1.82, 2.24) is 9.80 Å². The third-order valence-electron chi connectivity index (χ3n) is 4.93. The van der Waals surface area contributed by atoms with Gasteiger partial charge in [0.15, 0.2) is 0 Å². The highest BCUT2D eigenvalue weighted by molar-refractivity contribution is 5.25. The lowest BCUT2D eigenvalue weighted by molar-refractivity contribution is 0.127. The quantitative estimate of drug-likeness (QED) is 0.874. The Bertz CT molecular complexity index is 407. The number of rotatable bonds is 6. The largest absolute Gasteiger partial charge is 0.323 e. The molecule has 1 saturated heterocycles. The fourth-order valence-corrected chi connectivity index (χ4v) is 3.24. The first-order valence-corrected chi connectivity index (χ1v) is 8.41. The average Bonchev–Trinajstić information content (AvgIpc) is 2.55. The number of piperidine rings is 1. The predicted octanol–water partition coefficient (Wildman–Crippen LogP) is 2.66. The van der Waals surface area contributed by atoms with Crippen LogP contribution in [0.25, 0.3) is 0 Å². The van der Waals surface area contributed by atoms with Gasteiger partial charge in [0.05, 0.1) is 0 Å². The zero-order valence-electron chi connectivity index (χ0n) is 13.9. The number of hydrogen-bond acceptors (Lipinski definition) is 3. The highest BCUT2D eigenvalue weighted by Gasteiger charge is 2.22. The molecule has 3 nitrogen and oxygen atoms in total. The van der Waals surface area contributed by atoms with E-state index >= 15 is 0 Å². The van der Waals surface area contributed by atoms with Gasteiger partial charge in [0.25, 0.3) is 0 Å². The molecule has 0 aromatic heterocycles. The fourth-order valence-electron chi connectivity index (χ4n) is 3.24. The van der Waals surface area contributed by atoms with Gasteiger partial charge in [0.2, 0.25) is 0 Å². The summed E-state index contributed by atoms with van der Waals surface area (Å²) in [7, 11) is 2.23. The second kappa shape index (κ2) is 7.92. The minimum atomic E-state index is 0.116. The molecule has 1 aliphatic rings. The second-order valence-corrected chi connectivity index (χ2v) is 6.31. The Morgan fingerprint density at radius 3 is 2.33 bits per heavy atom. The summed E-state index contributed by atoms with van der Waals surface area (Å²) in [5.41, 5.74) is 9.03. The van der Waals surface area contributed by atoms with E-state index in [1.165, 1.54) is 43.6 Å². The Labute approximate surface area is 130 Å². The number of aryl methyl sites for hydroxylation is 1. The van der Waals surface area contributed by atoms with Gasteiger partial charge in [-0.15, -0.1) is 0 Å². The van der Waals surface area contributed by atoms with Crippen molar-refractivity contribution in [3.63, 3.8) is 0 Å². The van der Waals surface area contributed by atoms with Crippen LogP contribution in [0, 0.1) is 0 Å². The second-order valence-electron chi connectivity index (χ2n) is 6.31. The molecule has 2 N–H and O–H groups in total. The van der Waals surface area contributed by atoms with Gasteiger partial charge in [-0.1, -0.05) is 38.1 Å². The zero-order chi connectivity index (χ0) is 15.2. The van der Waals surface area contributed by atoms with Gasteiger partial charge in [-0.3, -0.25) is 0 Å². The first-order chi connectivity index (χ1) is 10.1. The first-order valence-electron chi connectivity index (χ1n) is 8.41. The zero-order valence-corrected chi connectivity index (χ0v) is 13.9.